The molecule has 1 aromatic heterocycles. The molecule has 0 amide bonds. The zero-order chi connectivity index (χ0) is 14.1. The van der Waals surface area contributed by atoms with Crippen LogP contribution in [0.2, 0.25) is 0 Å². The van der Waals surface area contributed by atoms with E-state index in [1.165, 1.54) is 13.4 Å². The molecule has 0 aromatic carbocycles. The van der Waals surface area contributed by atoms with E-state index in [4.69, 9.17) is 0 Å². The predicted molar refractivity (Wildman–Crippen MR) is 67.7 cm³/mol. The monoisotopic (exact) mass is 290 g/mol. The van der Waals surface area contributed by atoms with Crippen LogP contribution in [0.1, 0.15) is 25.1 Å². The molecule has 0 bridgehead atoms. The number of hydrogen-bond donors (Lipinski definition) is 2. The van der Waals surface area contributed by atoms with Gasteiger partial charge in [-0.05, 0) is 12.8 Å². The number of esters is 1. The van der Waals surface area contributed by atoms with Crippen molar-refractivity contribution in [3.8, 4) is 0 Å². The average molecular weight is 290 g/mol. The van der Waals surface area contributed by atoms with Crippen LogP contribution in [0.4, 0.5) is 0 Å². The molecule has 0 spiro atoms. The van der Waals surface area contributed by atoms with Crippen molar-refractivity contribution in [2.45, 2.75) is 25.7 Å². The van der Waals surface area contributed by atoms with E-state index in [0.717, 1.165) is 5.82 Å². The lowest BCUT2D eigenvalue weighted by Crippen LogP contribution is -2.28. The molecule has 1 aromatic rings. The molecular formula is C10H18N4O4S. The molecule has 9 heteroatoms. The Kier molecular flexibility index (Phi) is 6.43. The van der Waals surface area contributed by atoms with Crippen molar-refractivity contribution in [2.75, 3.05) is 19.4 Å². The van der Waals surface area contributed by atoms with Gasteiger partial charge in [0.25, 0.3) is 0 Å². The van der Waals surface area contributed by atoms with Gasteiger partial charge in [-0.15, -0.1) is 0 Å². The van der Waals surface area contributed by atoms with Gasteiger partial charge in [-0.3, -0.25) is 9.89 Å². The summed E-state index contributed by atoms with van der Waals surface area (Å²) in [6.45, 7) is 0.335. The van der Waals surface area contributed by atoms with Crippen molar-refractivity contribution in [3.05, 3.63) is 12.2 Å². The van der Waals surface area contributed by atoms with Crippen LogP contribution in [0.25, 0.3) is 0 Å². The van der Waals surface area contributed by atoms with Gasteiger partial charge in [0.2, 0.25) is 10.0 Å². The van der Waals surface area contributed by atoms with E-state index in [2.05, 4.69) is 24.6 Å². The summed E-state index contributed by atoms with van der Waals surface area (Å²) >= 11 is 0. The Balaban J connectivity index is 2.14. The average Bonchev–Trinajstić information content (AvgIpc) is 2.87. The van der Waals surface area contributed by atoms with E-state index in [9.17, 15) is 13.2 Å². The summed E-state index contributed by atoms with van der Waals surface area (Å²) in [6.07, 6.45) is 3.03. The smallest absolute Gasteiger partial charge is 0.305 e. The Labute approximate surface area is 112 Å². The van der Waals surface area contributed by atoms with E-state index >= 15 is 0 Å². The minimum atomic E-state index is -3.33. The summed E-state index contributed by atoms with van der Waals surface area (Å²) in [6, 6.07) is 0. The molecule has 0 aliphatic heterocycles. The van der Waals surface area contributed by atoms with Gasteiger partial charge in [-0.2, -0.15) is 5.10 Å². The zero-order valence-corrected chi connectivity index (χ0v) is 11.6. The molecule has 8 nitrogen and oxygen atoms in total. The quantitative estimate of drug-likeness (QED) is 0.473. The van der Waals surface area contributed by atoms with Crippen molar-refractivity contribution in [3.63, 3.8) is 0 Å². The van der Waals surface area contributed by atoms with Gasteiger partial charge in [-0.25, -0.2) is 18.1 Å². The van der Waals surface area contributed by atoms with E-state index in [-0.39, 0.29) is 18.6 Å². The summed E-state index contributed by atoms with van der Waals surface area (Å²) in [5, 5.41) is 6.39. The number of H-pyrrole nitrogens is 1. The number of aryl methyl sites for hydroxylation is 1. The molecular weight excluding hydrogens is 272 g/mol. The van der Waals surface area contributed by atoms with Gasteiger partial charge in [0.05, 0.1) is 12.9 Å². The fourth-order valence-corrected chi connectivity index (χ4v) is 2.54. The van der Waals surface area contributed by atoms with Crippen LogP contribution >= 0.6 is 0 Å². The summed E-state index contributed by atoms with van der Waals surface area (Å²) in [7, 11) is -2.05. The molecule has 1 rings (SSSR count). The highest BCUT2D eigenvalue weighted by molar-refractivity contribution is 7.89. The first-order valence-electron chi connectivity index (χ1n) is 5.92. The number of nitrogens with zero attached hydrogens (tertiary/aromatic N) is 2. The second-order valence-electron chi connectivity index (χ2n) is 3.93. The Hall–Kier alpha value is -1.48. The number of aromatic nitrogens is 3. The molecule has 0 saturated carbocycles. The van der Waals surface area contributed by atoms with Gasteiger partial charge in [0.15, 0.2) is 0 Å². The van der Waals surface area contributed by atoms with Gasteiger partial charge in [-0.1, -0.05) is 0 Å². The molecule has 108 valence electrons. The number of hydrogen-bond acceptors (Lipinski definition) is 6. The maximum absolute atomic E-state index is 11.6. The van der Waals surface area contributed by atoms with Crippen molar-refractivity contribution in [1.82, 2.24) is 19.9 Å². The lowest BCUT2D eigenvalue weighted by molar-refractivity contribution is -0.140. The second kappa shape index (κ2) is 7.85. The van der Waals surface area contributed by atoms with E-state index in [0.29, 0.717) is 19.4 Å². The lowest BCUT2D eigenvalue weighted by Gasteiger charge is -2.05. The van der Waals surface area contributed by atoms with Crippen LogP contribution in [-0.2, 0) is 26.0 Å². The first-order chi connectivity index (χ1) is 9.03. The Morgan fingerprint density at radius 2 is 2.26 bits per heavy atom. The minimum Gasteiger partial charge on any atom is -0.469 e. The fourth-order valence-electron chi connectivity index (χ4n) is 1.42. The van der Waals surface area contributed by atoms with Crippen molar-refractivity contribution >= 4 is 16.0 Å². The normalized spacial score (nSPS) is 11.4. The van der Waals surface area contributed by atoms with Crippen LogP contribution in [0.3, 0.4) is 0 Å². The number of sulfonamides is 1. The predicted octanol–water partition coefficient (Wildman–Crippen LogP) is -0.390. The van der Waals surface area contributed by atoms with Gasteiger partial charge in [0, 0.05) is 19.4 Å². The number of methoxy groups -OCH3 is 1. The largest absolute Gasteiger partial charge is 0.469 e. The molecule has 0 unspecified atom stereocenters. The number of aromatic amines is 1. The first kappa shape index (κ1) is 15.6. The third-order valence-corrected chi connectivity index (χ3v) is 3.87. The molecule has 0 fully saturated rings. The molecule has 0 atom stereocenters. The molecule has 0 saturated heterocycles. The fraction of sp³-hybridized carbons (Fsp3) is 0.700. The maximum Gasteiger partial charge on any atom is 0.305 e. The number of rotatable bonds is 9. The molecule has 1 heterocycles. The van der Waals surface area contributed by atoms with Crippen LogP contribution < -0.4 is 4.72 Å². The Morgan fingerprint density at radius 3 is 2.89 bits per heavy atom. The maximum atomic E-state index is 11.6. The van der Waals surface area contributed by atoms with Crippen molar-refractivity contribution < 1.29 is 17.9 Å². The molecule has 2 N–H and O–H groups in total. The highest BCUT2D eigenvalue weighted by atomic mass is 32.2. The number of carbonyl (C=O) groups is 1. The van der Waals surface area contributed by atoms with Crippen LogP contribution in [0.5, 0.6) is 0 Å². The zero-order valence-electron chi connectivity index (χ0n) is 10.8. The van der Waals surface area contributed by atoms with Gasteiger partial charge >= 0.3 is 5.97 Å². The number of nitrogens with one attached hydrogen (secondary N) is 2. The molecule has 0 aliphatic rings. The highest BCUT2D eigenvalue weighted by Crippen LogP contribution is 1.98. The van der Waals surface area contributed by atoms with Crippen molar-refractivity contribution in [1.29, 1.82) is 0 Å². The summed E-state index contributed by atoms with van der Waals surface area (Å²) in [5.41, 5.74) is 0. The Bertz CT molecular complexity index is 472. The molecule has 19 heavy (non-hydrogen) atoms. The van der Waals surface area contributed by atoms with Crippen LogP contribution in [-0.4, -0.2) is 49.0 Å². The van der Waals surface area contributed by atoms with E-state index in [1.54, 1.807) is 0 Å². The lowest BCUT2D eigenvalue weighted by atomic mass is 10.3. The Morgan fingerprint density at radius 1 is 1.47 bits per heavy atom. The number of carbonyl (C=O) groups excluding carboxylic acids is 1. The number of ether oxygens (including phenoxy) is 1. The highest BCUT2D eigenvalue weighted by Gasteiger charge is 2.11. The summed E-state index contributed by atoms with van der Waals surface area (Å²) < 4.78 is 30.0. The third kappa shape index (κ3) is 6.87. The summed E-state index contributed by atoms with van der Waals surface area (Å²) in [5.74, 6) is 0.245. The van der Waals surface area contributed by atoms with E-state index < -0.39 is 16.0 Å². The topological polar surface area (TPSA) is 114 Å². The van der Waals surface area contributed by atoms with Crippen LogP contribution in [0, 0.1) is 0 Å². The molecule has 0 aliphatic carbocycles. The summed E-state index contributed by atoms with van der Waals surface area (Å²) in [4.78, 5) is 14.8. The van der Waals surface area contributed by atoms with Gasteiger partial charge in [0.1, 0.15) is 12.2 Å². The standard InChI is InChI=1S/C10H18N4O4S/c1-18-10(15)5-3-7-19(16,17)13-6-2-4-9-11-8-12-14-9/h8,13H,2-7H2,1H3,(H,11,12,14). The van der Waals surface area contributed by atoms with Crippen LogP contribution in [0.15, 0.2) is 6.33 Å². The first-order valence-corrected chi connectivity index (χ1v) is 7.57. The van der Waals surface area contributed by atoms with Gasteiger partial charge < -0.3 is 4.74 Å². The third-order valence-electron chi connectivity index (χ3n) is 2.40. The SMILES string of the molecule is COC(=O)CCCS(=O)(=O)NCCCc1ncn[nH]1. The van der Waals surface area contributed by atoms with Crippen molar-refractivity contribution in [2.24, 2.45) is 0 Å². The minimum absolute atomic E-state index is 0.0790. The van der Waals surface area contributed by atoms with E-state index in [1.807, 2.05) is 0 Å². The molecule has 0 radical (unpaired) electrons. The second-order valence-corrected chi connectivity index (χ2v) is 5.86.